The Morgan fingerprint density at radius 1 is 1.17 bits per heavy atom. The minimum atomic E-state index is -0.574. The molecule has 2 aromatic carbocycles. The van der Waals surface area contributed by atoms with Gasteiger partial charge >= 0.3 is 11.7 Å². The molecule has 3 aromatic rings. The Bertz CT molecular complexity index is 929. The van der Waals surface area contributed by atoms with Gasteiger partial charge < -0.3 is 9.72 Å². The zero-order valence-corrected chi connectivity index (χ0v) is 13.7. The lowest BCUT2D eigenvalue weighted by atomic mass is 10.1. The first-order valence-electron chi connectivity index (χ1n) is 7.45. The Labute approximate surface area is 143 Å². The fourth-order valence-electron chi connectivity index (χ4n) is 2.50. The van der Waals surface area contributed by atoms with Crippen molar-refractivity contribution in [2.75, 3.05) is 6.61 Å². The van der Waals surface area contributed by atoms with Crippen LogP contribution in [0.4, 0.5) is 0 Å². The second kappa shape index (κ2) is 6.76. The van der Waals surface area contributed by atoms with Crippen molar-refractivity contribution >= 4 is 17.6 Å². The molecule has 0 amide bonds. The topological polar surface area (TPSA) is 64.1 Å². The van der Waals surface area contributed by atoms with E-state index in [0.717, 1.165) is 0 Å². The number of para-hydroxylation sites is 1. The maximum absolute atomic E-state index is 12.5. The molecule has 3 rings (SSSR count). The average molecular weight is 343 g/mol. The molecule has 1 N–H and O–H groups in total. The van der Waals surface area contributed by atoms with E-state index in [-0.39, 0.29) is 12.3 Å². The Morgan fingerprint density at radius 3 is 2.58 bits per heavy atom. The molecule has 0 unspecified atom stereocenters. The third-order valence-electron chi connectivity index (χ3n) is 3.49. The number of halogens is 1. The summed E-state index contributed by atoms with van der Waals surface area (Å²) in [5.41, 5.74) is 1.33. The number of H-pyrrole nitrogens is 1. The van der Waals surface area contributed by atoms with Crippen molar-refractivity contribution in [1.82, 2.24) is 9.55 Å². The molecule has 122 valence electrons. The van der Waals surface area contributed by atoms with E-state index in [1.165, 1.54) is 4.57 Å². The summed E-state index contributed by atoms with van der Waals surface area (Å²) in [7, 11) is 0. The molecule has 0 aliphatic heterocycles. The molecule has 0 fully saturated rings. The van der Waals surface area contributed by atoms with Crippen LogP contribution in [0.1, 0.15) is 17.4 Å². The van der Waals surface area contributed by atoms with Gasteiger partial charge in [0, 0.05) is 10.6 Å². The number of rotatable bonds is 4. The van der Waals surface area contributed by atoms with Gasteiger partial charge in [0.05, 0.1) is 18.0 Å². The molecule has 1 aromatic heterocycles. The smallest absolute Gasteiger partial charge is 0.357 e. The maximum Gasteiger partial charge on any atom is 0.357 e. The molecule has 6 heteroatoms. The van der Waals surface area contributed by atoms with Crippen LogP contribution in [-0.4, -0.2) is 22.1 Å². The summed E-state index contributed by atoms with van der Waals surface area (Å²) < 4.78 is 6.46. The van der Waals surface area contributed by atoms with Crippen molar-refractivity contribution < 1.29 is 9.53 Å². The Morgan fingerprint density at radius 2 is 1.92 bits per heavy atom. The first-order valence-corrected chi connectivity index (χ1v) is 7.83. The molecule has 5 nitrogen and oxygen atoms in total. The van der Waals surface area contributed by atoms with Gasteiger partial charge in [-0.3, -0.25) is 4.57 Å². The number of carbonyl (C=O) groups is 1. The van der Waals surface area contributed by atoms with E-state index in [9.17, 15) is 9.59 Å². The summed E-state index contributed by atoms with van der Waals surface area (Å²) in [6.45, 7) is 1.93. The molecule has 24 heavy (non-hydrogen) atoms. The third kappa shape index (κ3) is 2.98. The first-order chi connectivity index (χ1) is 11.6. The standard InChI is InChI=1S/C18H15ClN2O3/c1-2-24-17(22)16-15(12-7-6-8-13(19)11-12)20-18(23)21(16)14-9-4-3-5-10-14/h3-11H,2H2,1H3,(H,20,23). The quantitative estimate of drug-likeness (QED) is 0.736. The van der Waals surface area contributed by atoms with Gasteiger partial charge in [-0.05, 0) is 31.2 Å². The van der Waals surface area contributed by atoms with Crippen LogP contribution >= 0.6 is 11.6 Å². The van der Waals surface area contributed by atoms with Crippen molar-refractivity contribution in [3.05, 3.63) is 75.8 Å². The van der Waals surface area contributed by atoms with Crippen LogP contribution in [0.5, 0.6) is 0 Å². The van der Waals surface area contributed by atoms with E-state index < -0.39 is 11.7 Å². The first kappa shape index (κ1) is 16.1. The van der Waals surface area contributed by atoms with Crippen LogP contribution in [0.2, 0.25) is 5.02 Å². The lowest BCUT2D eigenvalue weighted by Gasteiger charge is -2.09. The normalized spacial score (nSPS) is 10.6. The van der Waals surface area contributed by atoms with E-state index in [1.54, 1.807) is 55.5 Å². The highest BCUT2D eigenvalue weighted by Crippen LogP contribution is 2.26. The van der Waals surface area contributed by atoms with Crippen molar-refractivity contribution in [3.8, 4) is 16.9 Å². The number of aromatic nitrogens is 2. The second-order valence-corrected chi connectivity index (χ2v) is 5.49. The highest BCUT2D eigenvalue weighted by atomic mass is 35.5. The number of imidazole rings is 1. The van der Waals surface area contributed by atoms with E-state index in [4.69, 9.17) is 16.3 Å². The minimum Gasteiger partial charge on any atom is -0.461 e. The number of nitrogens with one attached hydrogen (secondary N) is 1. The lowest BCUT2D eigenvalue weighted by molar-refractivity contribution is 0.0517. The van der Waals surface area contributed by atoms with E-state index >= 15 is 0 Å². The van der Waals surface area contributed by atoms with Gasteiger partial charge in [-0.1, -0.05) is 41.9 Å². The van der Waals surface area contributed by atoms with Crippen LogP contribution in [0, 0.1) is 0 Å². The molecular weight excluding hydrogens is 328 g/mol. The van der Waals surface area contributed by atoms with Crippen molar-refractivity contribution in [2.24, 2.45) is 0 Å². The number of ether oxygens (including phenoxy) is 1. The SMILES string of the molecule is CCOC(=O)c1c(-c2cccc(Cl)c2)[nH]c(=O)n1-c1ccccc1. The van der Waals surface area contributed by atoms with Crippen LogP contribution < -0.4 is 5.69 Å². The fraction of sp³-hybridized carbons (Fsp3) is 0.111. The van der Waals surface area contributed by atoms with Crippen molar-refractivity contribution in [3.63, 3.8) is 0 Å². The number of aromatic amines is 1. The predicted molar refractivity (Wildman–Crippen MR) is 92.8 cm³/mol. The number of benzene rings is 2. The number of hydrogen-bond acceptors (Lipinski definition) is 3. The summed E-state index contributed by atoms with van der Waals surface area (Å²) >= 11 is 6.04. The zero-order chi connectivity index (χ0) is 17.1. The average Bonchev–Trinajstić information content (AvgIpc) is 2.93. The van der Waals surface area contributed by atoms with Gasteiger partial charge in [-0.15, -0.1) is 0 Å². The summed E-state index contributed by atoms with van der Waals surface area (Å²) in [5, 5.41) is 0.510. The molecule has 0 aliphatic rings. The predicted octanol–water partition coefficient (Wildman–Crippen LogP) is 3.66. The maximum atomic E-state index is 12.5. The summed E-state index contributed by atoms with van der Waals surface area (Å²) in [6.07, 6.45) is 0. The van der Waals surface area contributed by atoms with Crippen LogP contribution in [0.25, 0.3) is 16.9 Å². The molecule has 0 atom stereocenters. The minimum absolute atomic E-state index is 0.148. The second-order valence-electron chi connectivity index (χ2n) is 5.06. The summed E-state index contributed by atoms with van der Waals surface area (Å²) in [5.74, 6) is -0.574. The Hall–Kier alpha value is -2.79. The summed E-state index contributed by atoms with van der Waals surface area (Å²) in [4.78, 5) is 27.7. The van der Waals surface area contributed by atoms with E-state index in [1.807, 2.05) is 6.07 Å². The lowest BCUT2D eigenvalue weighted by Crippen LogP contribution is -2.20. The number of hydrogen-bond donors (Lipinski definition) is 1. The van der Waals surface area contributed by atoms with Crippen molar-refractivity contribution in [1.29, 1.82) is 0 Å². The fourth-order valence-corrected chi connectivity index (χ4v) is 2.69. The highest BCUT2D eigenvalue weighted by molar-refractivity contribution is 6.30. The van der Waals surface area contributed by atoms with Crippen molar-refractivity contribution in [2.45, 2.75) is 6.92 Å². The third-order valence-corrected chi connectivity index (χ3v) is 3.73. The highest BCUT2D eigenvalue weighted by Gasteiger charge is 2.24. The van der Waals surface area contributed by atoms with Gasteiger partial charge in [-0.2, -0.15) is 0 Å². The van der Waals surface area contributed by atoms with E-state index in [0.29, 0.717) is 22.0 Å². The van der Waals surface area contributed by atoms with Gasteiger partial charge in [0.2, 0.25) is 0 Å². The molecule has 1 heterocycles. The molecule has 0 bridgehead atoms. The van der Waals surface area contributed by atoms with Crippen LogP contribution in [-0.2, 0) is 4.74 Å². The largest absolute Gasteiger partial charge is 0.461 e. The Balaban J connectivity index is 2.27. The van der Waals surface area contributed by atoms with Gasteiger partial charge in [-0.25, -0.2) is 9.59 Å². The molecule has 0 aliphatic carbocycles. The van der Waals surface area contributed by atoms with Gasteiger partial charge in [0.25, 0.3) is 0 Å². The number of nitrogens with zero attached hydrogens (tertiary/aromatic N) is 1. The molecule has 0 saturated heterocycles. The van der Waals surface area contributed by atoms with Crippen LogP contribution in [0.15, 0.2) is 59.4 Å². The van der Waals surface area contributed by atoms with E-state index in [2.05, 4.69) is 4.98 Å². The van der Waals surface area contributed by atoms with Gasteiger partial charge in [0.1, 0.15) is 0 Å². The molecule has 0 saturated carbocycles. The van der Waals surface area contributed by atoms with Crippen LogP contribution in [0.3, 0.4) is 0 Å². The zero-order valence-electron chi connectivity index (χ0n) is 13.0. The monoisotopic (exact) mass is 342 g/mol. The Kier molecular flexibility index (Phi) is 4.53. The molecular formula is C18H15ClN2O3. The number of carbonyl (C=O) groups excluding carboxylic acids is 1. The number of esters is 1. The molecule has 0 spiro atoms. The summed E-state index contributed by atoms with van der Waals surface area (Å²) in [6, 6.07) is 15.9. The van der Waals surface area contributed by atoms with Gasteiger partial charge in [0.15, 0.2) is 5.69 Å². The molecule has 0 radical (unpaired) electrons.